The number of amides is 1. The molecule has 0 aliphatic carbocycles. The molecule has 5 rings (SSSR count). The summed E-state index contributed by atoms with van der Waals surface area (Å²) in [6.45, 7) is 3.55. The highest BCUT2D eigenvalue weighted by Crippen LogP contribution is 2.55. The van der Waals surface area contributed by atoms with Crippen molar-refractivity contribution in [2.24, 2.45) is 11.8 Å². The molecular formula is C22H29NO5. The number of nitrogens with zero attached hydrogens (tertiary/aromatic N) is 1. The van der Waals surface area contributed by atoms with Crippen LogP contribution in [0.15, 0.2) is 18.2 Å². The third kappa shape index (κ3) is 2.98. The second kappa shape index (κ2) is 7.23. The number of carbonyl (C=O) groups is 1. The van der Waals surface area contributed by atoms with Crippen LogP contribution in [0, 0.1) is 11.8 Å². The predicted molar refractivity (Wildman–Crippen MR) is 102 cm³/mol. The maximum atomic E-state index is 12.9. The van der Waals surface area contributed by atoms with E-state index in [1.807, 2.05) is 17.0 Å². The molecule has 0 unspecified atom stereocenters. The zero-order valence-corrected chi connectivity index (χ0v) is 16.3. The van der Waals surface area contributed by atoms with Crippen LogP contribution >= 0.6 is 0 Å². The van der Waals surface area contributed by atoms with Gasteiger partial charge in [0, 0.05) is 63.2 Å². The second-order valence-corrected chi connectivity index (χ2v) is 8.61. The zero-order chi connectivity index (χ0) is 19.1. The summed E-state index contributed by atoms with van der Waals surface area (Å²) in [5.74, 6) is 1.41. The standard InChI is InChI=1S/C22H29NO5/c24-18-5-1-3-16-19-17(4-2-12-27-19)22(28-20(16)18)8-10-23(11-9-22)21(25)15-6-13-26-14-7-15/h1,3,5,15,17,19,24H,2,4,6-14H2/t17-,19+/m0/s1. The lowest BCUT2D eigenvalue weighted by molar-refractivity contribution is -0.160. The third-order valence-electron chi connectivity index (χ3n) is 7.13. The number of benzene rings is 1. The van der Waals surface area contributed by atoms with Crippen LogP contribution in [0.3, 0.4) is 0 Å². The van der Waals surface area contributed by atoms with Crippen molar-refractivity contribution >= 4 is 5.91 Å². The number of piperidine rings is 1. The Hall–Kier alpha value is -1.79. The van der Waals surface area contributed by atoms with E-state index < -0.39 is 0 Å². The molecule has 4 aliphatic rings. The Morgan fingerprint density at radius 3 is 2.68 bits per heavy atom. The van der Waals surface area contributed by atoms with Gasteiger partial charge in [0.05, 0.1) is 6.10 Å². The molecule has 2 atom stereocenters. The zero-order valence-electron chi connectivity index (χ0n) is 16.3. The number of ether oxygens (including phenoxy) is 3. The van der Waals surface area contributed by atoms with Gasteiger partial charge < -0.3 is 24.2 Å². The van der Waals surface area contributed by atoms with Crippen molar-refractivity contribution in [3.63, 3.8) is 0 Å². The largest absolute Gasteiger partial charge is 0.504 e. The lowest BCUT2D eigenvalue weighted by Crippen LogP contribution is -2.58. The van der Waals surface area contributed by atoms with Gasteiger partial charge in [0.1, 0.15) is 5.60 Å². The van der Waals surface area contributed by atoms with E-state index in [0.717, 1.165) is 50.7 Å². The van der Waals surface area contributed by atoms with Crippen LogP contribution in [0.4, 0.5) is 0 Å². The summed E-state index contributed by atoms with van der Waals surface area (Å²) in [4.78, 5) is 14.9. The summed E-state index contributed by atoms with van der Waals surface area (Å²) in [6, 6.07) is 5.55. The summed E-state index contributed by atoms with van der Waals surface area (Å²) in [5.41, 5.74) is 0.611. The van der Waals surface area contributed by atoms with Crippen LogP contribution < -0.4 is 4.74 Å². The Morgan fingerprint density at radius 2 is 1.89 bits per heavy atom. The fourth-order valence-electron chi connectivity index (χ4n) is 5.56. The lowest BCUT2D eigenvalue weighted by Gasteiger charge is -2.53. The van der Waals surface area contributed by atoms with Gasteiger partial charge in [-0.15, -0.1) is 0 Å². The molecule has 1 aromatic carbocycles. The minimum atomic E-state index is -0.358. The molecule has 28 heavy (non-hydrogen) atoms. The molecule has 3 fully saturated rings. The molecule has 1 amide bonds. The summed E-state index contributed by atoms with van der Waals surface area (Å²) < 4.78 is 18.1. The first-order valence-corrected chi connectivity index (χ1v) is 10.7. The first kappa shape index (κ1) is 18.3. The fourth-order valence-corrected chi connectivity index (χ4v) is 5.56. The van der Waals surface area contributed by atoms with E-state index in [1.54, 1.807) is 6.07 Å². The Morgan fingerprint density at radius 1 is 1.11 bits per heavy atom. The Bertz CT molecular complexity index is 736. The van der Waals surface area contributed by atoms with E-state index in [4.69, 9.17) is 14.2 Å². The van der Waals surface area contributed by atoms with E-state index in [0.29, 0.717) is 32.1 Å². The lowest BCUT2D eigenvalue weighted by atomic mass is 9.69. The number of hydrogen-bond donors (Lipinski definition) is 1. The van der Waals surface area contributed by atoms with Crippen LogP contribution in [-0.2, 0) is 14.3 Å². The highest BCUT2D eigenvalue weighted by atomic mass is 16.5. The summed E-state index contributed by atoms with van der Waals surface area (Å²) in [5, 5.41) is 10.4. The number of rotatable bonds is 1. The summed E-state index contributed by atoms with van der Waals surface area (Å²) in [6.07, 6.45) is 5.31. The first-order valence-electron chi connectivity index (χ1n) is 10.7. The number of para-hydroxylation sites is 1. The van der Waals surface area contributed by atoms with E-state index in [9.17, 15) is 9.90 Å². The average molecular weight is 387 g/mol. The number of phenols is 1. The normalized spacial score (nSPS) is 29.6. The van der Waals surface area contributed by atoms with Gasteiger partial charge in [0.2, 0.25) is 5.91 Å². The number of phenolic OH excluding ortho intramolecular Hbond substituents is 1. The molecule has 3 saturated heterocycles. The Balaban J connectivity index is 1.37. The molecule has 152 valence electrons. The number of fused-ring (bicyclic) bond motifs is 4. The topological polar surface area (TPSA) is 68.2 Å². The fraction of sp³-hybridized carbons (Fsp3) is 0.682. The molecule has 0 aromatic heterocycles. The van der Waals surface area contributed by atoms with Crippen molar-refractivity contribution in [3.05, 3.63) is 23.8 Å². The minimum Gasteiger partial charge on any atom is -0.504 e. The number of carbonyl (C=O) groups excluding carboxylic acids is 1. The van der Waals surface area contributed by atoms with Crippen molar-refractivity contribution in [1.29, 1.82) is 0 Å². The second-order valence-electron chi connectivity index (χ2n) is 8.61. The van der Waals surface area contributed by atoms with E-state index >= 15 is 0 Å². The van der Waals surface area contributed by atoms with E-state index in [-0.39, 0.29) is 35.2 Å². The molecule has 4 aliphatic heterocycles. The van der Waals surface area contributed by atoms with Gasteiger partial charge >= 0.3 is 0 Å². The molecular weight excluding hydrogens is 358 g/mol. The van der Waals surface area contributed by atoms with Crippen LogP contribution in [0.25, 0.3) is 0 Å². The molecule has 0 bridgehead atoms. The van der Waals surface area contributed by atoms with Gasteiger partial charge in [-0.05, 0) is 31.7 Å². The average Bonchev–Trinajstić information content (AvgIpc) is 2.76. The SMILES string of the molecule is O=C(C1CCOCC1)N1CCC2(CC1)Oc1c(O)cccc1[C@H]1OCCC[C@@H]12. The van der Waals surface area contributed by atoms with Gasteiger partial charge in [0.15, 0.2) is 11.5 Å². The molecule has 0 radical (unpaired) electrons. The van der Waals surface area contributed by atoms with Crippen molar-refractivity contribution < 1.29 is 24.1 Å². The van der Waals surface area contributed by atoms with Gasteiger partial charge in [-0.1, -0.05) is 12.1 Å². The third-order valence-corrected chi connectivity index (χ3v) is 7.13. The van der Waals surface area contributed by atoms with Crippen LogP contribution in [0.5, 0.6) is 11.5 Å². The van der Waals surface area contributed by atoms with Crippen LogP contribution in [-0.4, -0.2) is 54.4 Å². The predicted octanol–water partition coefficient (Wildman–Crippen LogP) is 3.04. The van der Waals surface area contributed by atoms with Gasteiger partial charge in [-0.3, -0.25) is 4.79 Å². The van der Waals surface area contributed by atoms with Crippen molar-refractivity contribution in [3.8, 4) is 11.5 Å². The Kier molecular flexibility index (Phi) is 4.71. The van der Waals surface area contributed by atoms with Gasteiger partial charge in [0.25, 0.3) is 0 Å². The number of aromatic hydroxyl groups is 1. The smallest absolute Gasteiger partial charge is 0.225 e. The molecule has 4 heterocycles. The molecule has 6 heteroatoms. The maximum Gasteiger partial charge on any atom is 0.225 e. The summed E-state index contributed by atoms with van der Waals surface area (Å²) in [7, 11) is 0. The highest BCUT2D eigenvalue weighted by Gasteiger charge is 2.53. The molecule has 1 aromatic rings. The van der Waals surface area contributed by atoms with Crippen molar-refractivity contribution in [2.75, 3.05) is 32.9 Å². The van der Waals surface area contributed by atoms with Gasteiger partial charge in [-0.25, -0.2) is 0 Å². The van der Waals surface area contributed by atoms with Crippen molar-refractivity contribution in [2.45, 2.75) is 50.2 Å². The highest BCUT2D eigenvalue weighted by molar-refractivity contribution is 5.79. The summed E-state index contributed by atoms with van der Waals surface area (Å²) >= 11 is 0. The number of likely N-dealkylation sites (tertiary alicyclic amines) is 1. The quantitative estimate of drug-likeness (QED) is 0.802. The van der Waals surface area contributed by atoms with E-state index in [2.05, 4.69) is 0 Å². The Labute approximate surface area is 165 Å². The molecule has 1 spiro atoms. The molecule has 0 saturated carbocycles. The van der Waals surface area contributed by atoms with Gasteiger partial charge in [-0.2, -0.15) is 0 Å². The first-order chi connectivity index (χ1) is 13.7. The van der Waals surface area contributed by atoms with Crippen molar-refractivity contribution in [1.82, 2.24) is 4.90 Å². The maximum absolute atomic E-state index is 12.9. The van der Waals surface area contributed by atoms with E-state index in [1.165, 1.54) is 0 Å². The molecule has 1 N–H and O–H groups in total. The monoisotopic (exact) mass is 387 g/mol. The number of hydrogen-bond acceptors (Lipinski definition) is 5. The minimum absolute atomic E-state index is 0.0256. The van der Waals surface area contributed by atoms with Crippen LogP contribution in [0.1, 0.15) is 50.2 Å². The molecule has 6 nitrogen and oxygen atoms in total. The van der Waals surface area contributed by atoms with Crippen LogP contribution in [0.2, 0.25) is 0 Å².